The molecule has 1 aromatic rings. The van der Waals surface area contributed by atoms with Crippen LogP contribution in [0.5, 0.6) is 0 Å². The number of hydrogen-bond donors (Lipinski definition) is 1. The van der Waals surface area contributed by atoms with Gasteiger partial charge in [0, 0.05) is 19.1 Å². The molecule has 1 heterocycles. The van der Waals surface area contributed by atoms with Crippen LogP contribution in [-0.2, 0) is 23.0 Å². The van der Waals surface area contributed by atoms with Crippen molar-refractivity contribution in [2.45, 2.75) is 45.7 Å². The van der Waals surface area contributed by atoms with Gasteiger partial charge in [-0.25, -0.2) is 8.42 Å². The second-order valence-electron chi connectivity index (χ2n) is 5.41. The first kappa shape index (κ1) is 15.5. The molecule has 112 valence electrons. The Bertz CT molecular complexity index is 569. The third-order valence-corrected chi connectivity index (χ3v) is 5.82. The minimum absolute atomic E-state index is 0.0449. The predicted octanol–water partition coefficient (Wildman–Crippen LogP) is 2.19. The highest BCUT2D eigenvalue weighted by molar-refractivity contribution is 7.89. The zero-order chi connectivity index (χ0) is 14.8. The third kappa shape index (κ3) is 3.22. The Balaban J connectivity index is 2.24. The maximum absolute atomic E-state index is 12.0. The summed E-state index contributed by atoms with van der Waals surface area (Å²) >= 11 is 0. The third-order valence-electron chi connectivity index (χ3n) is 3.99. The molecule has 4 nitrogen and oxygen atoms in total. The molecule has 0 aromatic heterocycles. The molecule has 1 aliphatic heterocycles. The van der Waals surface area contributed by atoms with Crippen molar-refractivity contribution in [3.05, 3.63) is 34.9 Å². The fraction of sp³-hybridized carbons (Fsp3) is 0.600. The summed E-state index contributed by atoms with van der Waals surface area (Å²) in [6, 6.07) is 6.33. The van der Waals surface area contributed by atoms with Gasteiger partial charge in [-0.3, -0.25) is 0 Å². The molecule has 5 heteroatoms. The smallest absolute Gasteiger partial charge is 0.214 e. The second kappa shape index (κ2) is 6.24. The highest BCUT2D eigenvalue weighted by atomic mass is 32.2. The lowest BCUT2D eigenvalue weighted by atomic mass is 9.94. The zero-order valence-electron chi connectivity index (χ0n) is 12.3. The van der Waals surface area contributed by atoms with Crippen LogP contribution < -0.4 is 5.73 Å². The quantitative estimate of drug-likeness (QED) is 0.906. The number of rotatable bonds is 5. The van der Waals surface area contributed by atoms with Gasteiger partial charge in [0.1, 0.15) is 0 Å². The Kier molecular flexibility index (Phi) is 4.83. The van der Waals surface area contributed by atoms with Crippen molar-refractivity contribution in [3.63, 3.8) is 0 Å². The number of sulfonamides is 1. The lowest BCUT2D eigenvalue weighted by molar-refractivity contribution is 0.391. The van der Waals surface area contributed by atoms with Gasteiger partial charge >= 0.3 is 0 Å². The van der Waals surface area contributed by atoms with Crippen molar-refractivity contribution in [1.82, 2.24) is 4.31 Å². The second-order valence-corrected chi connectivity index (χ2v) is 7.67. The van der Waals surface area contributed by atoms with Crippen LogP contribution >= 0.6 is 0 Å². The summed E-state index contributed by atoms with van der Waals surface area (Å²) in [5.41, 5.74) is 9.62. The normalized spacial score (nSPS) is 17.8. The number of benzene rings is 1. The number of fused-ring (bicyclic) bond motifs is 1. The molecular formula is C15H24N2O2S. The van der Waals surface area contributed by atoms with Crippen LogP contribution in [0, 0.1) is 0 Å². The summed E-state index contributed by atoms with van der Waals surface area (Å²) in [7, 11) is -3.11. The fourth-order valence-corrected chi connectivity index (χ4v) is 3.75. The van der Waals surface area contributed by atoms with E-state index < -0.39 is 10.0 Å². The van der Waals surface area contributed by atoms with Gasteiger partial charge in [-0.1, -0.05) is 31.5 Å². The summed E-state index contributed by atoms with van der Waals surface area (Å²) in [6.07, 6.45) is 2.79. The summed E-state index contributed by atoms with van der Waals surface area (Å²) in [4.78, 5) is 0. The van der Waals surface area contributed by atoms with Crippen molar-refractivity contribution in [2.24, 2.45) is 5.73 Å². The van der Waals surface area contributed by atoms with Crippen LogP contribution in [0.3, 0.4) is 0 Å². The van der Waals surface area contributed by atoms with Crippen molar-refractivity contribution in [3.8, 4) is 0 Å². The van der Waals surface area contributed by atoms with E-state index in [-0.39, 0.29) is 11.8 Å². The fourth-order valence-electron chi connectivity index (χ4n) is 2.68. The average molecular weight is 296 g/mol. The van der Waals surface area contributed by atoms with E-state index in [2.05, 4.69) is 25.1 Å². The largest absolute Gasteiger partial charge is 0.324 e. The molecule has 0 bridgehead atoms. The number of nitrogens with two attached hydrogens (primary N) is 1. The van der Waals surface area contributed by atoms with Gasteiger partial charge in [-0.05, 0) is 36.5 Å². The van der Waals surface area contributed by atoms with Crippen molar-refractivity contribution < 1.29 is 8.42 Å². The van der Waals surface area contributed by atoms with E-state index in [0.717, 1.165) is 30.4 Å². The molecule has 0 spiro atoms. The highest BCUT2D eigenvalue weighted by Gasteiger charge is 2.25. The Hall–Kier alpha value is -0.910. The molecular weight excluding hydrogens is 272 g/mol. The van der Waals surface area contributed by atoms with E-state index in [1.54, 1.807) is 11.2 Å². The van der Waals surface area contributed by atoms with E-state index in [4.69, 9.17) is 5.73 Å². The SMILES string of the molecule is CCCC(N)c1ccc2c(c1)CN(S(=O)(=O)CC)CC2. The molecule has 1 unspecified atom stereocenters. The van der Waals surface area contributed by atoms with Crippen LogP contribution in [0.25, 0.3) is 0 Å². The molecule has 1 aromatic carbocycles. The Labute approximate surface area is 122 Å². The maximum atomic E-state index is 12.0. The van der Waals surface area contributed by atoms with Gasteiger partial charge in [-0.15, -0.1) is 0 Å². The minimum atomic E-state index is -3.11. The molecule has 2 rings (SSSR count). The summed E-state index contributed by atoms with van der Waals surface area (Å²) in [5.74, 6) is 0.164. The molecule has 20 heavy (non-hydrogen) atoms. The molecule has 0 saturated carbocycles. The van der Waals surface area contributed by atoms with Gasteiger partial charge in [0.2, 0.25) is 10.0 Å². The van der Waals surface area contributed by atoms with Gasteiger partial charge in [0.25, 0.3) is 0 Å². The molecule has 0 amide bonds. The number of hydrogen-bond acceptors (Lipinski definition) is 3. The van der Waals surface area contributed by atoms with E-state index in [1.807, 2.05) is 0 Å². The van der Waals surface area contributed by atoms with Crippen molar-refractivity contribution in [1.29, 1.82) is 0 Å². The van der Waals surface area contributed by atoms with Crippen LogP contribution in [0.1, 0.15) is 49.4 Å². The summed E-state index contributed by atoms with van der Waals surface area (Å²) in [5, 5.41) is 0. The first-order chi connectivity index (χ1) is 9.47. The standard InChI is InChI=1S/C15H24N2O2S/c1-3-5-15(16)13-7-6-12-8-9-17(11-14(12)10-13)20(18,19)4-2/h6-7,10,15H,3-5,8-9,11,16H2,1-2H3. The lowest BCUT2D eigenvalue weighted by Gasteiger charge is -2.28. The molecule has 1 atom stereocenters. The minimum Gasteiger partial charge on any atom is -0.324 e. The van der Waals surface area contributed by atoms with Gasteiger partial charge in [0.15, 0.2) is 0 Å². The van der Waals surface area contributed by atoms with E-state index in [0.29, 0.717) is 13.1 Å². The summed E-state index contributed by atoms with van der Waals surface area (Å²) in [6.45, 7) is 4.88. The van der Waals surface area contributed by atoms with Crippen LogP contribution in [0.4, 0.5) is 0 Å². The monoisotopic (exact) mass is 296 g/mol. The lowest BCUT2D eigenvalue weighted by Crippen LogP contribution is -2.37. The first-order valence-electron chi connectivity index (χ1n) is 7.33. The summed E-state index contributed by atoms with van der Waals surface area (Å²) < 4.78 is 25.6. The van der Waals surface area contributed by atoms with Crippen molar-refractivity contribution in [2.75, 3.05) is 12.3 Å². The molecule has 0 fully saturated rings. The number of nitrogens with zero attached hydrogens (tertiary/aromatic N) is 1. The van der Waals surface area contributed by atoms with Crippen LogP contribution in [0.2, 0.25) is 0 Å². The topological polar surface area (TPSA) is 63.4 Å². The van der Waals surface area contributed by atoms with Crippen LogP contribution in [-0.4, -0.2) is 25.0 Å². The molecule has 0 radical (unpaired) electrons. The van der Waals surface area contributed by atoms with E-state index in [9.17, 15) is 8.42 Å². The molecule has 2 N–H and O–H groups in total. The van der Waals surface area contributed by atoms with Gasteiger partial charge in [-0.2, -0.15) is 4.31 Å². The predicted molar refractivity (Wildman–Crippen MR) is 81.9 cm³/mol. The highest BCUT2D eigenvalue weighted by Crippen LogP contribution is 2.25. The average Bonchev–Trinajstić information content (AvgIpc) is 2.46. The molecule has 0 saturated heterocycles. The Morgan fingerprint density at radius 1 is 1.30 bits per heavy atom. The van der Waals surface area contributed by atoms with Gasteiger partial charge in [0.05, 0.1) is 5.75 Å². The Morgan fingerprint density at radius 2 is 2.05 bits per heavy atom. The maximum Gasteiger partial charge on any atom is 0.214 e. The van der Waals surface area contributed by atoms with Crippen LogP contribution in [0.15, 0.2) is 18.2 Å². The zero-order valence-corrected chi connectivity index (χ0v) is 13.1. The Morgan fingerprint density at radius 3 is 2.70 bits per heavy atom. The van der Waals surface area contributed by atoms with E-state index >= 15 is 0 Å². The van der Waals surface area contributed by atoms with E-state index in [1.165, 1.54) is 5.56 Å². The molecule has 0 aliphatic carbocycles. The van der Waals surface area contributed by atoms with Crippen molar-refractivity contribution >= 4 is 10.0 Å². The van der Waals surface area contributed by atoms with Gasteiger partial charge < -0.3 is 5.73 Å². The molecule has 1 aliphatic rings. The first-order valence-corrected chi connectivity index (χ1v) is 8.94.